The van der Waals surface area contributed by atoms with Crippen LogP contribution in [0.5, 0.6) is 5.75 Å². The number of nitrogens with zero attached hydrogens (tertiary/aromatic N) is 2. The van der Waals surface area contributed by atoms with E-state index in [4.69, 9.17) is 9.47 Å². The fraction of sp³-hybridized carbons (Fsp3) is 0.407. The highest BCUT2D eigenvalue weighted by molar-refractivity contribution is 6.01. The van der Waals surface area contributed by atoms with E-state index < -0.39 is 11.6 Å². The summed E-state index contributed by atoms with van der Waals surface area (Å²) in [5.41, 5.74) is 3.36. The zero-order chi connectivity index (χ0) is 23.6. The van der Waals surface area contributed by atoms with E-state index in [2.05, 4.69) is 18.0 Å². The highest BCUT2D eigenvalue weighted by Gasteiger charge is 2.39. The molecule has 0 unspecified atom stereocenters. The smallest absolute Gasteiger partial charge is 0.338 e. The normalized spacial score (nSPS) is 17.0. The number of rotatable bonds is 5. The molecule has 6 nitrogen and oxygen atoms in total. The Balaban J connectivity index is 1.80. The Morgan fingerprint density at radius 3 is 2.33 bits per heavy atom. The van der Waals surface area contributed by atoms with Crippen LogP contribution in [0.15, 0.2) is 48.5 Å². The predicted octanol–water partition coefficient (Wildman–Crippen LogP) is 4.24. The largest absolute Gasteiger partial charge is 0.482 e. The van der Waals surface area contributed by atoms with Crippen molar-refractivity contribution in [3.63, 3.8) is 0 Å². The van der Waals surface area contributed by atoms with Gasteiger partial charge in [0.05, 0.1) is 12.7 Å². The lowest BCUT2D eigenvalue weighted by atomic mass is 9.81. The Hall–Kier alpha value is -3.12. The Kier molecular flexibility index (Phi) is 6.56. The van der Waals surface area contributed by atoms with Crippen molar-refractivity contribution in [2.75, 3.05) is 40.3 Å². The first-order chi connectivity index (χ1) is 15.9. The number of amides is 1. The first-order valence-corrected chi connectivity index (χ1v) is 11.6. The second kappa shape index (κ2) is 9.40. The molecule has 6 heteroatoms. The number of methoxy groups -OCH3 is 1. The highest BCUT2D eigenvalue weighted by atomic mass is 16.5. The average Bonchev–Trinajstić information content (AvgIpc) is 2.85. The Bertz CT molecular complexity index is 1060. The van der Waals surface area contributed by atoms with E-state index in [0.717, 1.165) is 42.6 Å². The van der Waals surface area contributed by atoms with Crippen molar-refractivity contribution in [2.24, 2.45) is 0 Å². The first kappa shape index (κ1) is 23.1. The summed E-state index contributed by atoms with van der Waals surface area (Å²) < 4.78 is 11.6. The fourth-order valence-corrected chi connectivity index (χ4v) is 4.71. The number of esters is 1. The van der Waals surface area contributed by atoms with Crippen LogP contribution < -0.4 is 4.74 Å². The van der Waals surface area contributed by atoms with Gasteiger partial charge in [0.2, 0.25) is 0 Å². The van der Waals surface area contributed by atoms with Crippen LogP contribution in [0, 0.1) is 0 Å². The summed E-state index contributed by atoms with van der Waals surface area (Å²) in [5.74, 6) is 0.326. The summed E-state index contributed by atoms with van der Waals surface area (Å²) in [7, 11) is 3.51. The molecule has 0 bridgehead atoms. The van der Waals surface area contributed by atoms with Crippen LogP contribution in [0.3, 0.4) is 0 Å². The fourth-order valence-electron chi connectivity index (χ4n) is 4.71. The minimum atomic E-state index is -0.417. The molecule has 0 radical (unpaired) electrons. The predicted molar refractivity (Wildman–Crippen MR) is 129 cm³/mol. The molecule has 0 N–H and O–H groups in total. The number of hydrogen-bond acceptors (Lipinski definition) is 5. The minimum absolute atomic E-state index is 0.0231. The average molecular weight is 449 g/mol. The summed E-state index contributed by atoms with van der Waals surface area (Å²) >= 11 is 0. The monoisotopic (exact) mass is 448 g/mol. The van der Waals surface area contributed by atoms with E-state index in [0.29, 0.717) is 30.0 Å². The van der Waals surface area contributed by atoms with E-state index in [1.165, 1.54) is 7.11 Å². The lowest BCUT2D eigenvalue weighted by molar-refractivity contribution is 0.0459. The second-order valence-electron chi connectivity index (χ2n) is 8.75. The number of carbonyl (C=O) groups is 2. The van der Waals surface area contributed by atoms with E-state index in [9.17, 15) is 9.59 Å². The summed E-state index contributed by atoms with van der Waals surface area (Å²) in [6.45, 7) is 7.18. The Morgan fingerprint density at radius 2 is 1.73 bits per heavy atom. The molecule has 0 atom stereocenters. The number of piperidine rings is 1. The van der Waals surface area contributed by atoms with Gasteiger partial charge in [-0.25, -0.2) is 4.79 Å². The van der Waals surface area contributed by atoms with Crippen molar-refractivity contribution < 1.29 is 19.1 Å². The van der Waals surface area contributed by atoms with Crippen LogP contribution in [0.1, 0.15) is 58.5 Å². The molecule has 0 saturated carbocycles. The maximum absolute atomic E-state index is 12.8. The quantitative estimate of drug-likeness (QED) is 0.641. The zero-order valence-electron chi connectivity index (χ0n) is 19.9. The number of fused-ring (bicyclic) bond motifs is 1. The van der Waals surface area contributed by atoms with Gasteiger partial charge in [0.25, 0.3) is 5.91 Å². The van der Waals surface area contributed by atoms with Gasteiger partial charge in [-0.15, -0.1) is 0 Å². The first-order valence-electron chi connectivity index (χ1n) is 11.6. The van der Waals surface area contributed by atoms with Crippen molar-refractivity contribution in [1.82, 2.24) is 9.80 Å². The van der Waals surface area contributed by atoms with Gasteiger partial charge in [-0.1, -0.05) is 18.2 Å². The number of hydrogen-bond donors (Lipinski definition) is 0. The molecule has 2 aliphatic rings. The van der Waals surface area contributed by atoms with Crippen molar-refractivity contribution in [3.8, 4) is 5.75 Å². The molecule has 2 aliphatic heterocycles. The maximum atomic E-state index is 12.8. The van der Waals surface area contributed by atoms with E-state index in [1.54, 1.807) is 11.0 Å². The lowest BCUT2D eigenvalue weighted by Gasteiger charge is -2.42. The third kappa shape index (κ3) is 4.40. The van der Waals surface area contributed by atoms with E-state index >= 15 is 0 Å². The molecule has 2 aromatic carbocycles. The van der Waals surface area contributed by atoms with E-state index in [-0.39, 0.29) is 5.91 Å². The van der Waals surface area contributed by atoms with Gasteiger partial charge in [0.1, 0.15) is 11.4 Å². The van der Waals surface area contributed by atoms with Crippen LogP contribution >= 0.6 is 0 Å². The molecule has 1 amide bonds. The molecule has 1 spiro atoms. The van der Waals surface area contributed by atoms with Crippen molar-refractivity contribution in [1.29, 1.82) is 0 Å². The van der Waals surface area contributed by atoms with Crippen LogP contribution in [0.25, 0.3) is 5.57 Å². The number of likely N-dealkylation sites (tertiary alicyclic amines) is 1. The van der Waals surface area contributed by atoms with Crippen molar-refractivity contribution in [3.05, 3.63) is 70.8 Å². The molecular weight excluding hydrogens is 416 g/mol. The van der Waals surface area contributed by atoms with Crippen LogP contribution in [0.4, 0.5) is 0 Å². The molecule has 33 heavy (non-hydrogen) atoms. The lowest BCUT2D eigenvalue weighted by Crippen LogP contribution is -2.47. The summed E-state index contributed by atoms with van der Waals surface area (Å²) in [5, 5.41) is 0. The number of ether oxygens (including phenoxy) is 2. The van der Waals surface area contributed by atoms with Crippen LogP contribution in [0.2, 0.25) is 0 Å². The summed E-state index contributed by atoms with van der Waals surface area (Å²) in [6, 6.07) is 13.2. The molecule has 174 valence electrons. The van der Waals surface area contributed by atoms with Crippen molar-refractivity contribution in [2.45, 2.75) is 32.3 Å². The Morgan fingerprint density at radius 1 is 1.06 bits per heavy atom. The molecule has 1 fully saturated rings. The summed E-state index contributed by atoms with van der Waals surface area (Å²) in [4.78, 5) is 29.5. The molecular formula is C27H32N2O4. The van der Waals surface area contributed by atoms with Crippen LogP contribution in [-0.2, 0) is 4.74 Å². The molecule has 2 heterocycles. The van der Waals surface area contributed by atoms with Gasteiger partial charge in [-0.05, 0) is 62.4 Å². The molecule has 0 aromatic heterocycles. The molecule has 1 saturated heterocycles. The second-order valence-corrected chi connectivity index (χ2v) is 8.75. The third-order valence-electron chi connectivity index (χ3n) is 6.75. The summed E-state index contributed by atoms with van der Waals surface area (Å²) in [6.07, 6.45) is 3.91. The number of benzene rings is 2. The Labute approximate surface area is 195 Å². The van der Waals surface area contributed by atoms with Gasteiger partial charge in [-0.2, -0.15) is 0 Å². The minimum Gasteiger partial charge on any atom is -0.482 e. The SMILES string of the molecule is CCN(CC)C(=O)c1ccc(C2=CC3(CCN(C)CC3)Oc3cccc(C(=O)OC)c32)cc1. The zero-order valence-corrected chi connectivity index (χ0v) is 19.9. The van der Waals surface area contributed by atoms with Crippen LogP contribution in [-0.4, -0.2) is 67.6 Å². The number of carbonyl (C=O) groups excluding carboxylic acids is 2. The molecule has 4 rings (SSSR count). The van der Waals surface area contributed by atoms with Gasteiger partial charge >= 0.3 is 5.97 Å². The van der Waals surface area contributed by atoms with Gasteiger partial charge in [0, 0.05) is 50.1 Å². The van der Waals surface area contributed by atoms with Gasteiger partial charge in [-0.3, -0.25) is 4.79 Å². The van der Waals surface area contributed by atoms with Gasteiger partial charge in [0.15, 0.2) is 0 Å². The standard InChI is InChI=1S/C27H32N2O4/c1-5-29(6-2)25(30)20-12-10-19(11-13-20)22-18-27(14-16-28(3)17-15-27)33-23-9-7-8-21(24(22)23)26(31)32-4/h7-13,18H,5-6,14-17H2,1-4H3. The van der Waals surface area contributed by atoms with Crippen molar-refractivity contribution >= 4 is 17.4 Å². The highest BCUT2D eigenvalue weighted by Crippen LogP contribution is 2.44. The van der Waals surface area contributed by atoms with Gasteiger partial charge < -0.3 is 19.3 Å². The topological polar surface area (TPSA) is 59.1 Å². The van der Waals surface area contributed by atoms with E-state index in [1.807, 2.05) is 50.2 Å². The molecule has 0 aliphatic carbocycles. The maximum Gasteiger partial charge on any atom is 0.338 e. The third-order valence-corrected chi connectivity index (χ3v) is 6.75. The molecule has 2 aromatic rings.